The van der Waals surface area contributed by atoms with E-state index in [1.165, 1.54) is 7.11 Å². The van der Waals surface area contributed by atoms with Crippen LogP contribution in [0, 0.1) is 5.82 Å². The average Bonchev–Trinajstić information content (AvgIpc) is 2.35. The van der Waals surface area contributed by atoms with Gasteiger partial charge in [-0.05, 0) is 18.2 Å². The molecule has 0 saturated heterocycles. The zero-order valence-electron chi connectivity index (χ0n) is 9.52. The van der Waals surface area contributed by atoms with Gasteiger partial charge >= 0.3 is 6.18 Å². The Morgan fingerprint density at radius 1 is 1.21 bits per heavy atom. The van der Waals surface area contributed by atoms with Gasteiger partial charge < -0.3 is 9.47 Å². The lowest BCUT2D eigenvalue weighted by Gasteiger charge is -2.09. The van der Waals surface area contributed by atoms with Crippen LogP contribution in [0.15, 0.2) is 24.0 Å². The molecule has 0 bridgehead atoms. The second-order valence-electron chi connectivity index (χ2n) is 3.32. The van der Waals surface area contributed by atoms with E-state index < -0.39 is 41.8 Å². The molecule has 0 atom stereocenters. The number of ether oxygens (including phenoxy) is 2. The van der Waals surface area contributed by atoms with Gasteiger partial charge in [0.2, 0.25) is 5.83 Å². The van der Waals surface area contributed by atoms with Crippen LogP contribution in [-0.2, 0) is 4.74 Å². The highest BCUT2D eigenvalue weighted by Gasteiger charge is 2.38. The Morgan fingerprint density at radius 2 is 1.84 bits per heavy atom. The molecule has 1 aromatic rings. The van der Waals surface area contributed by atoms with E-state index in [1.54, 1.807) is 0 Å². The van der Waals surface area contributed by atoms with Gasteiger partial charge in [-0.1, -0.05) is 0 Å². The van der Waals surface area contributed by atoms with Gasteiger partial charge in [0.05, 0.1) is 0 Å². The highest BCUT2D eigenvalue weighted by Crippen LogP contribution is 2.35. The Kier molecular flexibility index (Phi) is 4.82. The summed E-state index contributed by atoms with van der Waals surface area (Å²) >= 11 is 0. The molecule has 106 valence electrons. The van der Waals surface area contributed by atoms with Gasteiger partial charge in [0.15, 0.2) is 24.2 Å². The van der Waals surface area contributed by atoms with Gasteiger partial charge in [-0.2, -0.15) is 17.6 Å². The molecule has 19 heavy (non-hydrogen) atoms. The van der Waals surface area contributed by atoms with E-state index in [4.69, 9.17) is 0 Å². The molecule has 0 saturated carbocycles. The summed E-state index contributed by atoms with van der Waals surface area (Å²) in [5, 5.41) is 0. The lowest BCUT2D eigenvalue weighted by molar-refractivity contribution is -0.108. The number of hydrogen-bond acceptors (Lipinski definition) is 2. The summed E-state index contributed by atoms with van der Waals surface area (Å²) in [5.41, 5.74) is -0.790. The van der Waals surface area contributed by atoms with Crippen molar-refractivity contribution < 1.29 is 35.8 Å². The molecule has 0 radical (unpaired) electrons. The third-order valence-electron chi connectivity index (χ3n) is 1.96. The molecule has 0 spiro atoms. The fourth-order valence-corrected chi connectivity index (χ4v) is 1.12. The first-order valence-corrected chi connectivity index (χ1v) is 4.81. The fourth-order valence-electron chi connectivity index (χ4n) is 1.12. The highest BCUT2D eigenvalue weighted by atomic mass is 19.4. The van der Waals surface area contributed by atoms with E-state index in [-0.39, 0.29) is 0 Å². The van der Waals surface area contributed by atoms with Crippen LogP contribution in [0.1, 0.15) is 5.56 Å². The number of benzene rings is 1. The second-order valence-corrected chi connectivity index (χ2v) is 3.32. The van der Waals surface area contributed by atoms with Gasteiger partial charge in [0, 0.05) is 12.7 Å². The number of halogens is 6. The largest absolute Gasteiger partial charge is 0.464 e. The summed E-state index contributed by atoms with van der Waals surface area (Å²) in [5.74, 6) is -6.53. The Labute approximate surface area is 104 Å². The quantitative estimate of drug-likeness (QED) is 0.615. The van der Waals surface area contributed by atoms with Crippen molar-refractivity contribution in [1.29, 1.82) is 0 Å². The van der Waals surface area contributed by atoms with Crippen LogP contribution >= 0.6 is 0 Å². The SMILES string of the molecule is COCOc1cc(/C(F)=C(/F)C(F)(F)F)ccc1F. The van der Waals surface area contributed by atoms with Crippen molar-refractivity contribution in [2.24, 2.45) is 0 Å². The lowest BCUT2D eigenvalue weighted by atomic mass is 10.1. The third kappa shape index (κ3) is 3.88. The summed E-state index contributed by atoms with van der Waals surface area (Å²) in [6, 6.07) is 1.92. The number of rotatable bonds is 4. The maximum absolute atomic E-state index is 13.2. The van der Waals surface area contributed by atoms with Crippen molar-refractivity contribution in [3.8, 4) is 5.75 Å². The lowest BCUT2D eigenvalue weighted by Crippen LogP contribution is -2.09. The minimum atomic E-state index is -5.45. The van der Waals surface area contributed by atoms with E-state index >= 15 is 0 Å². The Bertz CT molecular complexity index is 481. The Hall–Kier alpha value is -1.70. The van der Waals surface area contributed by atoms with Crippen LogP contribution < -0.4 is 4.74 Å². The van der Waals surface area contributed by atoms with Crippen molar-refractivity contribution in [3.05, 3.63) is 35.4 Å². The summed E-state index contributed by atoms with van der Waals surface area (Å²) in [6.07, 6.45) is -5.45. The van der Waals surface area contributed by atoms with Crippen LogP contribution in [0.4, 0.5) is 26.3 Å². The molecule has 0 unspecified atom stereocenters. The maximum atomic E-state index is 13.2. The standard InChI is InChI=1S/C11H8F6O2/c1-18-5-19-8-4-6(2-3-7(8)12)9(13)10(14)11(15,16)17/h2-4H,5H2,1H3/b10-9-. The van der Waals surface area contributed by atoms with Crippen LogP contribution in [0.5, 0.6) is 5.75 Å². The number of hydrogen-bond donors (Lipinski definition) is 0. The monoisotopic (exact) mass is 286 g/mol. The van der Waals surface area contributed by atoms with Crippen molar-refractivity contribution in [2.45, 2.75) is 6.18 Å². The minimum Gasteiger partial charge on any atom is -0.464 e. The van der Waals surface area contributed by atoms with E-state index in [9.17, 15) is 26.3 Å². The first-order chi connectivity index (χ1) is 8.77. The van der Waals surface area contributed by atoms with Crippen LogP contribution in [-0.4, -0.2) is 20.1 Å². The Morgan fingerprint density at radius 3 is 2.37 bits per heavy atom. The molecule has 0 aliphatic rings. The predicted octanol–water partition coefficient (Wildman–Crippen LogP) is 3.98. The molecule has 1 aromatic carbocycles. The van der Waals surface area contributed by atoms with Gasteiger partial charge in [-0.3, -0.25) is 0 Å². The van der Waals surface area contributed by atoms with Crippen LogP contribution in [0.2, 0.25) is 0 Å². The molecule has 8 heteroatoms. The minimum absolute atomic E-state index is 0.395. The van der Waals surface area contributed by atoms with Gasteiger partial charge in [0.1, 0.15) is 0 Å². The van der Waals surface area contributed by atoms with E-state index in [1.807, 2.05) is 0 Å². The summed E-state index contributed by atoms with van der Waals surface area (Å²) in [4.78, 5) is 0. The smallest absolute Gasteiger partial charge is 0.445 e. The molecule has 0 aliphatic carbocycles. The molecule has 0 fully saturated rings. The molecule has 0 aromatic heterocycles. The second kappa shape index (κ2) is 5.96. The van der Waals surface area contributed by atoms with Crippen LogP contribution in [0.3, 0.4) is 0 Å². The fraction of sp³-hybridized carbons (Fsp3) is 0.273. The first kappa shape index (κ1) is 15.4. The molecular formula is C11H8F6O2. The normalized spacial score (nSPS) is 13.2. The first-order valence-electron chi connectivity index (χ1n) is 4.81. The predicted molar refractivity (Wildman–Crippen MR) is 54.1 cm³/mol. The van der Waals surface area contributed by atoms with Gasteiger partial charge in [-0.15, -0.1) is 0 Å². The number of alkyl halides is 3. The summed E-state index contributed by atoms with van der Waals surface area (Å²) in [6.45, 7) is -0.395. The van der Waals surface area contributed by atoms with Crippen molar-refractivity contribution >= 4 is 5.83 Å². The summed E-state index contributed by atoms with van der Waals surface area (Å²) in [7, 11) is 1.23. The van der Waals surface area contributed by atoms with Crippen LogP contribution in [0.25, 0.3) is 5.83 Å². The topological polar surface area (TPSA) is 18.5 Å². The highest BCUT2D eigenvalue weighted by molar-refractivity contribution is 5.63. The molecule has 0 heterocycles. The van der Waals surface area contributed by atoms with Crippen molar-refractivity contribution in [2.75, 3.05) is 13.9 Å². The summed E-state index contributed by atoms with van der Waals surface area (Å²) < 4.78 is 84.1. The Balaban J connectivity index is 3.15. The number of methoxy groups -OCH3 is 1. The van der Waals surface area contributed by atoms with Crippen molar-refractivity contribution in [3.63, 3.8) is 0 Å². The van der Waals surface area contributed by atoms with E-state index in [0.29, 0.717) is 18.2 Å². The average molecular weight is 286 g/mol. The molecule has 0 amide bonds. The number of allylic oxidation sites excluding steroid dienone is 1. The van der Waals surface area contributed by atoms with E-state index in [2.05, 4.69) is 9.47 Å². The molecular weight excluding hydrogens is 278 g/mol. The zero-order chi connectivity index (χ0) is 14.6. The molecule has 2 nitrogen and oxygen atoms in total. The molecule has 0 aliphatic heterocycles. The van der Waals surface area contributed by atoms with Gasteiger partial charge in [-0.25, -0.2) is 8.78 Å². The third-order valence-corrected chi connectivity index (χ3v) is 1.96. The van der Waals surface area contributed by atoms with Crippen molar-refractivity contribution in [1.82, 2.24) is 0 Å². The van der Waals surface area contributed by atoms with E-state index in [0.717, 1.165) is 0 Å². The van der Waals surface area contributed by atoms with Gasteiger partial charge in [0.25, 0.3) is 0 Å². The zero-order valence-corrected chi connectivity index (χ0v) is 9.52. The molecule has 0 N–H and O–H groups in total. The molecule has 1 rings (SSSR count). The maximum Gasteiger partial charge on any atom is 0.445 e.